The van der Waals surface area contributed by atoms with Crippen LogP contribution in [-0.4, -0.2) is 29.6 Å². The SMILES string of the molecule is O=C(COc1ccc(/C=N/NC(=O)c2ccc(-c3csc(Nc4ccccc4)n3)cc2)cc1Br)Nc1ccccc1Cl. The van der Waals surface area contributed by atoms with E-state index in [4.69, 9.17) is 16.3 Å². The molecule has 0 fully saturated rings. The molecule has 0 saturated heterocycles. The number of aromatic nitrogens is 1. The van der Waals surface area contributed by atoms with Crippen molar-refractivity contribution in [1.82, 2.24) is 10.4 Å². The van der Waals surface area contributed by atoms with E-state index < -0.39 is 0 Å². The van der Waals surface area contributed by atoms with Crippen molar-refractivity contribution in [2.75, 3.05) is 17.2 Å². The van der Waals surface area contributed by atoms with E-state index in [1.807, 2.05) is 47.8 Å². The Bertz CT molecular complexity index is 1730. The molecule has 1 heterocycles. The lowest BCUT2D eigenvalue weighted by atomic mass is 10.1. The molecule has 5 rings (SSSR count). The van der Waals surface area contributed by atoms with Gasteiger partial charge in [0.15, 0.2) is 11.7 Å². The number of thiazole rings is 1. The van der Waals surface area contributed by atoms with Crippen LogP contribution in [0.5, 0.6) is 5.75 Å². The number of amides is 2. The lowest BCUT2D eigenvalue weighted by Crippen LogP contribution is -2.20. The third kappa shape index (κ3) is 7.82. The van der Waals surface area contributed by atoms with Gasteiger partial charge >= 0.3 is 0 Å². The number of carbonyl (C=O) groups is 2. The Morgan fingerprint density at radius 3 is 2.50 bits per heavy atom. The maximum absolute atomic E-state index is 12.6. The number of nitrogens with one attached hydrogen (secondary N) is 3. The fourth-order valence-corrected chi connectivity index (χ4v) is 5.17. The molecule has 1 aromatic heterocycles. The molecular weight excluding hydrogens is 638 g/mol. The molecule has 0 bridgehead atoms. The van der Waals surface area contributed by atoms with Gasteiger partial charge in [-0.1, -0.05) is 54.1 Å². The number of para-hydroxylation sites is 2. The summed E-state index contributed by atoms with van der Waals surface area (Å²) in [6.45, 7) is -0.194. The molecule has 8 nitrogen and oxygen atoms in total. The minimum Gasteiger partial charge on any atom is -0.483 e. The Labute approximate surface area is 259 Å². The predicted octanol–water partition coefficient (Wildman–Crippen LogP) is 7.75. The summed E-state index contributed by atoms with van der Waals surface area (Å²) < 4.78 is 6.24. The molecular formula is C31H23BrClN5O3S. The molecule has 5 aromatic rings. The largest absolute Gasteiger partial charge is 0.483 e. The highest BCUT2D eigenvalue weighted by Gasteiger charge is 2.10. The van der Waals surface area contributed by atoms with Crippen LogP contribution in [0, 0.1) is 0 Å². The highest BCUT2D eigenvalue weighted by Crippen LogP contribution is 2.28. The van der Waals surface area contributed by atoms with Crippen molar-refractivity contribution < 1.29 is 14.3 Å². The number of carbonyl (C=O) groups excluding carboxylic acids is 2. The minimum absolute atomic E-state index is 0.194. The Kier molecular flexibility index (Phi) is 9.60. The van der Waals surface area contributed by atoms with E-state index in [1.54, 1.807) is 54.6 Å². The lowest BCUT2D eigenvalue weighted by molar-refractivity contribution is -0.118. The number of nitrogens with zero attached hydrogens (tertiary/aromatic N) is 2. The zero-order chi connectivity index (χ0) is 29.3. The first-order valence-corrected chi connectivity index (χ1v) is 14.7. The summed E-state index contributed by atoms with van der Waals surface area (Å²) in [6, 6.07) is 29.2. The number of hydrazone groups is 1. The van der Waals surface area contributed by atoms with Gasteiger partial charge in [0.2, 0.25) is 0 Å². The lowest BCUT2D eigenvalue weighted by Gasteiger charge is -2.10. The molecule has 0 saturated carbocycles. The molecule has 210 valence electrons. The van der Waals surface area contributed by atoms with Gasteiger partial charge < -0.3 is 15.4 Å². The van der Waals surface area contributed by atoms with Crippen LogP contribution in [0.2, 0.25) is 5.02 Å². The Balaban J connectivity index is 1.11. The first-order valence-electron chi connectivity index (χ1n) is 12.6. The van der Waals surface area contributed by atoms with Crippen molar-refractivity contribution in [3.63, 3.8) is 0 Å². The second-order valence-corrected chi connectivity index (χ2v) is 10.9. The molecule has 2 amide bonds. The second kappa shape index (κ2) is 13.9. The number of benzene rings is 4. The molecule has 11 heteroatoms. The summed E-state index contributed by atoms with van der Waals surface area (Å²) >= 11 is 11.0. The molecule has 0 aliphatic heterocycles. The van der Waals surface area contributed by atoms with Crippen LogP contribution in [-0.2, 0) is 4.79 Å². The van der Waals surface area contributed by atoms with Crippen molar-refractivity contribution in [1.29, 1.82) is 0 Å². The third-order valence-corrected chi connectivity index (χ3v) is 7.52. The highest BCUT2D eigenvalue weighted by atomic mass is 79.9. The van der Waals surface area contributed by atoms with Gasteiger partial charge in [-0.15, -0.1) is 11.3 Å². The van der Waals surface area contributed by atoms with Crippen molar-refractivity contribution >= 4 is 73.4 Å². The van der Waals surface area contributed by atoms with Crippen LogP contribution in [0.4, 0.5) is 16.5 Å². The van der Waals surface area contributed by atoms with Gasteiger partial charge in [-0.05, 0) is 76.1 Å². The van der Waals surface area contributed by atoms with Gasteiger partial charge in [0.25, 0.3) is 11.8 Å². The zero-order valence-electron chi connectivity index (χ0n) is 21.9. The van der Waals surface area contributed by atoms with Crippen molar-refractivity contribution in [2.24, 2.45) is 5.10 Å². The molecule has 0 radical (unpaired) electrons. The summed E-state index contributed by atoms with van der Waals surface area (Å²) in [5.74, 6) is -0.201. The number of ether oxygens (including phenoxy) is 1. The summed E-state index contributed by atoms with van der Waals surface area (Å²) in [5, 5.41) is 13.3. The van der Waals surface area contributed by atoms with Gasteiger partial charge in [0.1, 0.15) is 5.75 Å². The van der Waals surface area contributed by atoms with Crippen LogP contribution >= 0.6 is 38.9 Å². The van der Waals surface area contributed by atoms with Crippen molar-refractivity contribution in [3.8, 4) is 17.0 Å². The first kappa shape index (κ1) is 29.0. The van der Waals surface area contributed by atoms with E-state index in [9.17, 15) is 9.59 Å². The normalized spacial score (nSPS) is 10.8. The van der Waals surface area contributed by atoms with E-state index in [0.29, 0.717) is 32.1 Å². The van der Waals surface area contributed by atoms with Crippen molar-refractivity contribution in [2.45, 2.75) is 0 Å². The average Bonchev–Trinajstić information content (AvgIpc) is 3.47. The third-order valence-electron chi connectivity index (χ3n) is 5.81. The van der Waals surface area contributed by atoms with E-state index in [-0.39, 0.29) is 18.4 Å². The topological polar surface area (TPSA) is 105 Å². The maximum Gasteiger partial charge on any atom is 0.271 e. The molecule has 0 aliphatic carbocycles. The van der Waals surface area contributed by atoms with Gasteiger partial charge in [0.05, 0.1) is 27.1 Å². The Hall–Kier alpha value is -4.51. The van der Waals surface area contributed by atoms with Crippen LogP contribution in [0.15, 0.2) is 112 Å². The maximum atomic E-state index is 12.6. The fraction of sp³-hybridized carbons (Fsp3) is 0.0323. The second-order valence-electron chi connectivity index (χ2n) is 8.81. The van der Waals surface area contributed by atoms with Crippen LogP contribution < -0.4 is 20.8 Å². The smallest absolute Gasteiger partial charge is 0.271 e. The van der Waals surface area contributed by atoms with E-state index in [1.165, 1.54) is 17.6 Å². The molecule has 0 atom stereocenters. The number of halogens is 2. The summed E-state index contributed by atoms with van der Waals surface area (Å²) in [7, 11) is 0. The first-order chi connectivity index (χ1) is 20.4. The zero-order valence-corrected chi connectivity index (χ0v) is 25.0. The minimum atomic E-state index is -0.342. The number of hydrogen-bond donors (Lipinski definition) is 3. The van der Waals surface area contributed by atoms with Gasteiger partial charge in [-0.25, -0.2) is 10.4 Å². The summed E-state index contributed by atoms with van der Waals surface area (Å²) in [5.41, 5.74) is 6.93. The van der Waals surface area contributed by atoms with E-state index >= 15 is 0 Å². The van der Waals surface area contributed by atoms with E-state index in [0.717, 1.165) is 22.1 Å². The molecule has 0 spiro atoms. The van der Waals surface area contributed by atoms with Gasteiger partial charge in [0, 0.05) is 22.2 Å². The van der Waals surface area contributed by atoms with Crippen LogP contribution in [0.25, 0.3) is 11.3 Å². The monoisotopic (exact) mass is 659 g/mol. The summed E-state index contributed by atoms with van der Waals surface area (Å²) in [4.78, 5) is 29.4. The van der Waals surface area contributed by atoms with Crippen LogP contribution in [0.3, 0.4) is 0 Å². The fourth-order valence-electron chi connectivity index (χ4n) is 3.74. The Morgan fingerprint density at radius 2 is 1.74 bits per heavy atom. The van der Waals surface area contributed by atoms with E-state index in [2.05, 4.69) is 42.1 Å². The standard InChI is InChI=1S/C31H23BrClN5O3S/c32-24-16-20(10-15-28(24)41-18-29(39)36-26-9-5-4-8-25(26)33)17-34-38-30(40)22-13-11-21(12-14-22)27-19-42-31(37-27)35-23-6-2-1-3-7-23/h1-17,19H,18H2,(H,35,37)(H,36,39)(H,38,40)/b34-17+. The highest BCUT2D eigenvalue weighted by molar-refractivity contribution is 9.10. The molecule has 3 N–H and O–H groups in total. The molecule has 42 heavy (non-hydrogen) atoms. The van der Waals surface area contributed by atoms with Gasteiger partial charge in [-0.3, -0.25) is 9.59 Å². The summed E-state index contributed by atoms with van der Waals surface area (Å²) in [6.07, 6.45) is 1.52. The molecule has 0 aliphatic rings. The average molecular weight is 661 g/mol. The van der Waals surface area contributed by atoms with Crippen LogP contribution in [0.1, 0.15) is 15.9 Å². The number of anilines is 3. The van der Waals surface area contributed by atoms with Crippen molar-refractivity contribution in [3.05, 3.63) is 123 Å². The van der Waals surface area contributed by atoms with Gasteiger partial charge in [-0.2, -0.15) is 5.10 Å². The number of rotatable bonds is 10. The Morgan fingerprint density at radius 1 is 0.976 bits per heavy atom. The molecule has 4 aromatic carbocycles. The molecule has 0 unspecified atom stereocenters. The quantitative estimate of drug-likeness (QED) is 0.105. The predicted molar refractivity (Wildman–Crippen MR) is 172 cm³/mol. The number of hydrogen-bond acceptors (Lipinski definition) is 7.